The van der Waals surface area contributed by atoms with Crippen molar-refractivity contribution in [2.45, 2.75) is 32.5 Å². The van der Waals surface area contributed by atoms with E-state index in [-0.39, 0.29) is 30.5 Å². The van der Waals surface area contributed by atoms with Gasteiger partial charge in [0.15, 0.2) is 0 Å². The van der Waals surface area contributed by atoms with E-state index in [9.17, 15) is 4.79 Å². The Labute approximate surface area is 185 Å². The van der Waals surface area contributed by atoms with E-state index in [0.717, 1.165) is 42.3 Å². The van der Waals surface area contributed by atoms with Crippen LogP contribution in [0.1, 0.15) is 31.0 Å². The molecule has 0 radical (unpaired) electrons. The van der Waals surface area contributed by atoms with Crippen molar-refractivity contribution < 1.29 is 14.3 Å². The fourth-order valence-corrected chi connectivity index (χ4v) is 3.63. The number of hydrogen-bond donors (Lipinski definition) is 2. The van der Waals surface area contributed by atoms with Crippen LogP contribution in [0, 0.1) is 0 Å². The van der Waals surface area contributed by atoms with E-state index in [1.807, 2.05) is 56.3 Å². The molecular weight excluding hydrogens is 402 g/mol. The lowest BCUT2D eigenvalue weighted by atomic mass is 10.0. The molecule has 30 heavy (non-hydrogen) atoms. The van der Waals surface area contributed by atoms with Gasteiger partial charge in [-0.3, -0.25) is 9.69 Å². The lowest BCUT2D eigenvalue weighted by molar-refractivity contribution is -0.123. The number of ether oxygens (including phenoxy) is 2. The molecule has 1 atom stereocenters. The molecule has 3 rings (SSSR count). The molecule has 1 saturated heterocycles. The third-order valence-electron chi connectivity index (χ3n) is 4.96. The lowest BCUT2D eigenvalue weighted by Gasteiger charge is -2.36. The second-order valence-corrected chi connectivity index (χ2v) is 7.52. The minimum atomic E-state index is 0. The van der Waals surface area contributed by atoms with E-state index in [0.29, 0.717) is 13.1 Å². The second-order valence-electron chi connectivity index (χ2n) is 7.52. The number of rotatable bonds is 8. The fourth-order valence-electron chi connectivity index (χ4n) is 3.63. The van der Waals surface area contributed by atoms with Gasteiger partial charge in [-0.15, -0.1) is 12.4 Å². The number of benzene rings is 2. The van der Waals surface area contributed by atoms with E-state index in [1.54, 1.807) is 7.11 Å². The van der Waals surface area contributed by atoms with Crippen molar-refractivity contribution >= 4 is 18.3 Å². The normalized spacial score (nSPS) is 16.6. The van der Waals surface area contributed by atoms with Crippen LogP contribution in [0.3, 0.4) is 0 Å². The van der Waals surface area contributed by atoms with Crippen molar-refractivity contribution in [1.29, 1.82) is 0 Å². The zero-order valence-electron chi connectivity index (χ0n) is 17.9. The highest BCUT2D eigenvalue weighted by atomic mass is 35.5. The first-order chi connectivity index (χ1) is 14.1. The van der Waals surface area contributed by atoms with Crippen molar-refractivity contribution in [3.8, 4) is 11.5 Å². The molecule has 2 aromatic carbocycles. The van der Waals surface area contributed by atoms with E-state index in [2.05, 4.69) is 21.6 Å². The molecule has 1 aliphatic rings. The number of methoxy groups -OCH3 is 1. The highest BCUT2D eigenvalue weighted by Gasteiger charge is 2.27. The Morgan fingerprint density at radius 3 is 2.80 bits per heavy atom. The van der Waals surface area contributed by atoms with Crippen LogP contribution < -0.4 is 20.1 Å². The molecule has 7 heteroatoms. The number of amides is 1. The van der Waals surface area contributed by atoms with Gasteiger partial charge in [0.05, 0.1) is 25.8 Å². The topological polar surface area (TPSA) is 62.8 Å². The van der Waals surface area contributed by atoms with Gasteiger partial charge in [-0.1, -0.05) is 30.3 Å². The molecule has 6 nitrogen and oxygen atoms in total. The summed E-state index contributed by atoms with van der Waals surface area (Å²) >= 11 is 0. The molecule has 0 spiro atoms. The van der Waals surface area contributed by atoms with Crippen LogP contribution in [-0.4, -0.2) is 50.2 Å². The number of hydrogen-bond acceptors (Lipinski definition) is 5. The van der Waals surface area contributed by atoms with Gasteiger partial charge >= 0.3 is 0 Å². The number of halogens is 1. The number of piperazine rings is 1. The van der Waals surface area contributed by atoms with Crippen LogP contribution in [0.5, 0.6) is 11.5 Å². The molecular formula is C23H32ClN3O3. The number of carbonyl (C=O) groups excluding carboxylic acids is 1. The Bertz CT molecular complexity index is 816. The first-order valence-electron chi connectivity index (χ1n) is 10.2. The van der Waals surface area contributed by atoms with Gasteiger partial charge in [0.25, 0.3) is 0 Å². The second kappa shape index (κ2) is 11.8. The smallest absolute Gasteiger partial charge is 0.234 e. The summed E-state index contributed by atoms with van der Waals surface area (Å²) in [6, 6.07) is 16.0. The number of nitrogens with one attached hydrogen (secondary N) is 2. The zero-order chi connectivity index (χ0) is 20.6. The number of nitrogens with zero attached hydrogens (tertiary/aromatic N) is 1. The highest BCUT2D eigenvalue weighted by molar-refractivity contribution is 5.85. The van der Waals surface area contributed by atoms with Crippen LogP contribution in [-0.2, 0) is 11.3 Å². The summed E-state index contributed by atoms with van der Waals surface area (Å²) in [7, 11) is 1.68. The fraction of sp³-hybridized carbons (Fsp3) is 0.435. The predicted octanol–water partition coefficient (Wildman–Crippen LogP) is 3.17. The third-order valence-corrected chi connectivity index (χ3v) is 4.96. The Morgan fingerprint density at radius 2 is 2.03 bits per heavy atom. The Hall–Kier alpha value is -2.28. The average molecular weight is 434 g/mol. The first kappa shape index (κ1) is 24.0. The van der Waals surface area contributed by atoms with Crippen LogP contribution in [0.15, 0.2) is 48.5 Å². The molecule has 0 bridgehead atoms. The number of para-hydroxylation sites is 1. The molecule has 1 heterocycles. The molecule has 1 fully saturated rings. The third kappa shape index (κ3) is 6.62. The molecule has 0 aromatic heterocycles. The van der Waals surface area contributed by atoms with Crippen molar-refractivity contribution in [3.05, 3.63) is 59.7 Å². The predicted molar refractivity (Wildman–Crippen MR) is 121 cm³/mol. The molecule has 2 N–H and O–H groups in total. The van der Waals surface area contributed by atoms with Crippen molar-refractivity contribution in [1.82, 2.24) is 15.5 Å². The summed E-state index contributed by atoms with van der Waals surface area (Å²) in [5, 5.41) is 6.46. The molecule has 1 aliphatic heterocycles. The average Bonchev–Trinajstić information content (AvgIpc) is 2.72. The van der Waals surface area contributed by atoms with E-state index in [1.165, 1.54) is 0 Å². The van der Waals surface area contributed by atoms with Gasteiger partial charge in [0, 0.05) is 31.7 Å². The van der Waals surface area contributed by atoms with Crippen molar-refractivity contribution in [3.63, 3.8) is 0 Å². The molecule has 0 aliphatic carbocycles. The summed E-state index contributed by atoms with van der Waals surface area (Å²) in [4.78, 5) is 14.9. The Morgan fingerprint density at radius 1 is 1.23 bits per heavy atom. The summed E-state index contributed by atoms with van der Waals surface area (Å²) < 4.78 is 11.3. The first-order valence-corrected chi connectivity index (χ1v) is 10.2. The minimum Gasteiger partial charge on any atom is -0.496 e. The van der Waals surface area contributed by atoms with Gasteiger partial charge in [-0.25, -0.2) is 0 Å². The van der Waals surface area contributed by atoms with Crippen molar-refractivity contribution in [2.75, 3.05) is 33.3 Å². The van der Waals surface area contributed by atoms with Crippen LogP contribution in [0.2, 0.25) is 0 Å². The Balaban J connectivity index is 0.00000320. The molecule has 0 saturated carbocycles. The summed E-state index contributed by atoms with van der Waals surface area (Å²) in [6.07, 6.45) is 0.125. The van der Waals surface area contributed by atoms with Gasteiger partial charge in [-0.05, 0) is 37.6 Å². The standard InChI is InChI=1S/C23H31N3O3.ClH/c1-17(2)29-19-8-6-7-18(13-19)14-25-23(27)16-26-12-11-24-15-21(26)20-9-4-5-10-22(20)28-3;/h4-10,13,17,21,24H,11-12,14-16H2,1-3H3,(H,25,27);1H. The van der Waals surface area contributed by atoms with Crippen LogP contribution in [0.4, 0.5) is 0 Å². The molecule has 1 amide bonds. The van der Waals surface area contributed by atoms with Gasteiger partial charge in [0.2, 0.25) is 5.91 Å². The van der Waals surface area contributed by atoms with Gasteiger partial charge < -0.3 is 20.1 Å². The lowest BCUT2D eigenvalue weighted by Crippen LogP contribution is -2.49. The van der Waals surface area contributed by atoms with E-state index < -0.39 is 0 Å². The molecule has 164 valence electrons. The molecule has 1 unspecified atom stereocenters. The maximum atomic E-state index is 12.6. The summed E-state index contributed by atoms with van der Waals surface area (Å²) in [5.74, 6) is 1.70. The SMILES string of the molecule is COc1ccccc1C1CNCCN1CC(=O)NCc1cccc(OC(C)C)c1.Cl. The van der Waals surface area contributed by atoms with Gasteiger partial charge in [-0.2, -0.15) is 0 Å². The molecule has 2 aromatic rings. The van der Waals surface area contributed by atoms with E-state index in [4.69, 9.17) is 9.47 Å². The zero-order valence-corrected chi connectivity index (χ0v) is 18.7. The van der Waals surface area contributed by atoms with Crippen molar-refractivity contribution in [2.24, 2.45) is 0 Å². The maximum absolute atomic E-state index is 12.6. The quantitative estimate of drug-likeness (QED) is 0.669. The largest absolute Gasteiger partial charge is 0.496 e. The summed E-state index contributed by atoms with van der Waals surface area (Å²) in [6.45, 7) is 7.32. The Kier molecular flexibility index (Phi) is 9.43. The maximum Gasteiger partial charge on any atom is 0.234 e. The summed E-state index contributed by atoms with van der Waals surface area (Å²) in [5.41, 5.74) is 2.13. The van der Waals surface area contributed by atoms with E-state index >= 15 is 0 Å². The highest BCUT2D eigenvalue weighted by Crippen LogP contribution is 2.29. The monoisotopic (exact) mass is 433 g/mol. The number of carbonyl (C=O) groups is 1. The van der Waals surface area contributed by atoms with Crippen LogP contribution >= 0.6 is 12.4 Å². The van der Waals surface area contributed by atoms with Gasteiger partial charge in [0.1, 0.15) is 11.5 Å². The van der Waals surface area contributed by atoms with Crippen LogP contribution in [0.25, 0.3) is 0 Å². The minimum absolute atomic E-state index is 0.